The Morgan fingerprint density at radius 2 is 2.23 bits per heavy atom. The minimum absolute atomic E-state index is 0.211. The Kier molecular flexibility index (Phi) is 3.67. The normalized spacial score (nSPS) is 9.38. The Hall–Kier alpha value is -1.13. The van der Waals surface area contributed by atoms with Crippen LogP contribution in [0.5, 0.6) is 0 Å². The minimum atomic E-state index is 0.211. The smallest absolute Gasteiger partial charge is 0.271 e. The average molecular weight is 196 g/mol. The van der Waals surface area contributed by atoms with Crippen molar-refractivity contribution in [2.24, 2.45) is 5.84 Å². The van der Waals surface area contributed by atoms with E-state index in [1.807, 2.05) is 31.2 Å². The number of benzene rings is 1. The largest absolute Gasteiger partial charge is 0.465 e. The van der Waals surface area contributed by atoms with Gasteiger partial charge in [0.1, 0.15) is 6.61 Å². The lowest BCUT2D eigenvalue weighted by Crippen LogP contribution is -2.30. The number of nitrogens with two attached hydrogens (primary N) is 1. The van der Waals surface area contributed by atoms with Crippen molar-refractivity contribution in [2.75, 3.05) is 0 Å². The standard InChI is InChI=1S/C9H12N2OS/c1-7-4-2-3-5-8(7)6-12-9(13)11-10/h2-5H,6,10H2,1H3,(H,11,13). The molecule has 0 radical (unpaired) electrons. The molecule has 13 heavy (non-hydrogen) atoms. The van der Waals surface area contributed by atoms with E-state index in [9.17, 15) is 0 Å². The predicted octanol–water partition coefficient (Wildman–Crippen LogP) is 1.26. The lowest BCUT2D eigenvalue weighted by Gasteiger charge is -2.07. The number of ether oxygens (including phenoxy) is 1. The third-order valence-electron chi connectivity index (χ3n) is 1.74. The molecule has 0 amide bonds. The van der Waals surface area contributed by atoms with Gasteiger partial charge in [-0.15, -0.1) is 0 Å². The highest BCUT2D eigenvalue weighted by Gasteiger charge is 1.98. The molecule has 0 aromatic heterocycles. The number of aryl methyl sites for hydroxylation is 1. The molecule has 0 aliphatic heterocycles. The molecule has 0 aliphatic rings. The number of nitrogens with one attached hydrogen (secondary N) is 1. The number of rotatable bonds is 2. The lowest BCUT2D eigenvalue weighted by atomic mass is 10.1. The zero-order valence-corrected chi connectivity index (χ0v) is 8.23. The van der Waals surface area contributed by atoms with Crippen molar-refractivity contribution in [1.29, 1.82) is 0 Å². The molecule has 3 N–H and O–H groups in total. The fraction of sp³-hybridized carbons (Fsp3) is 0.222. The fourth-order valence-electron chi connectivity index (χ4n) is 0.957. The lowest BCUT2D eigenvalue weighted by molar-refractivity contribution is 0.286. The van der Waals surface area contributed by atoms with E-state index >= 15 is 0 Å². The van der Waals surface area contributed by atoms with Gasteiger partial charge in [-0.3, -0.25) is 5.43 Å². The first kappa shape index (κ1) is 9.95. The molecule has 0 bridgehead atoms. The summed E-state index contributed by atoms with van der Waals surface area (Å²) in [6, 6.07) is 7.97. The van der Waals surface area contributed by atoms with Crippen LogP contribution in [0, 0.1) is 6.92 Å². The van der Waals surface area contributed by atoms with Crippen LogP contribution in [0.1, 0.15) is 11.1 Å². The first-order valence-electron chi connectivity index (χ1n) is 3.92. The highest BCUT2D eigenvalue weighted by atomic mass is 32.1. The molecule has 0 aliphatic carbocycles. The average Bonchev–Trinajstić information content (AvgIpc) is 2.16. The van der Waals surface area contributed by atoms with E-state index in [2.05, 4.69) is 5.43 Å². The first-order valence-corrected chi connectivity index (χ1v) is 4.32. The molecule has 0 spiro atoms. The summed E-state index contributed by atoms with van der Waals surface area (Å²) < 4.78 is 5.15. The van der Waals surface area contributed by atoms with Crippen LogP contribution >= 0.6 is 12.2 Å². The van der Waals surface area contributed by atoms with Gasteiger partial charge in [0.2, 0.25) is 0 Å². The molecule has 0 heterocycles. The van der Waals surface area contributed by atoms with E-state index in [0.29, 0.717) is 6.61 Å². The zero-order valence-electron chi connectivity index (χ0n) is 7.41. The van der Waals surface area contributed by atoms with E-state index in [0.717, 1.165) is 5.56 Å². The molecule has 0 unspecified atom stereocenters. The molecule has 1 aromatic rings. The van der Waals surface area contributed by atoms with Crippen molar-refractivity contribution in [3.05, 3.63) is 35.4 Å². The third-order valence-corrected chi connectivity index (χ3v) is 1.97. The van der Waals surface area contributed by atoms with Gasteiger partial charge in [0.15, 0.2) is 0 Å². The Labute approximate surface area is 82.9 Å². The van der Waals surface area contributed by atoms with Crippen molar-refractivity contribution in [3.63, 3.8) is 0 Å². The van der Waals surface area contributed by atoms with E-state index < -0.39 is 0 Å². The summed E-state index contributed by atoms with van der Waals surface area (Å²) in [5.74, 6) is 5.06. The van der Waals surface area contributed by atoms with Crippen LogP contribution in [0.2, 0.25) is 0 Å². The van der Waals surface area contributed by atoms with Crippen LogP contribution in [-0.2, 0) is 11.3 Å². The van der Waals surface area contributed by atoms with E-state index in [4.69, 9.17) is 22.8 Å². The van der Waals surface area contributed by atoms with E-state index in [-0.39, 0.29) is 5.17 Å². The zero-order chi connectivity index (χ0) is 9.68. The van der Waals surface area contributed by atoms with Gasteiger partial charge >= 0.3 is 0 Å². The van der Waals surface area contributed by atoms with Gasteiger partial charge in [-0.2, -0.15) is 0 Å². The molecule has 1 aromatic carbocycles. The van der Waals surface area contributed by atoms with Crippen LogP contribution in [-0.4, -0.2) is 5.17 Å². The summed E-state index contributed by atoms with van der Waals surface area (Å²) in [5.41, 5.74) is 4.56. The van der Waals surface area contributed by atoms with Gasteiger partial charge in [-0.25, -0.2) is 5.84 Å². The molecule has 70 valence electrons. The van der Waals surface area contributed by atoms with E-state index in [1.54, 1.807) is 0 Å². The summed E-state index contributed by atoms with van der Waals surface area (Å²) in [4.78, 5) is 0. The minimum Gasteiger partial charge on any atom is -0.465 e. The van der Waals surface area contributed by atoms with Gasteiger partial charge in [0.25, 0.3) is 5.17 Å². The van der Waals surface area contributed by atoms with Gasteiger partial charge in [-0.1, -0.05) is 24.3 Å². The molecule has 0 saturated heterocycles. The fourth-order valence-corrected chi connectivity index (χ4v) is 1.02. The van der Waals surface area contributed by atoms with Gasteiger partial charge in [0.05, 0.1) is 0 Å². The topological polar surface area (TPSA) is 47.3 Å². The van der Waals surface area contributed by atoms with Gasteiger partial charge in [0, 0.05) is 0 Å². The van der Waals surface area contributed by atoms with E-state index in [1.165, 1.54) is 5.56 Å². The summed E-state index contributed by atoms with van der Waals surface area (Å²) in [7, 11) is 0. The second-order valence-electron chi connectivity index (χ2n) is 2.65. The van der Waals surface area contributed by atoms with Crippen molar-refractivity contribution in [1.82, 2.24) is 5.43 Å². The highest BCUT2D eigenvalue weighted by molar-refractivity contribution is 7.80. The number of hydrogen-bond donors (Lipinski definition) is 2. The quantitative estimate of drug-likeness (QED) is 0.425. The Balaban J connectivity index is 2.54. The van der Waals surface area contributed by atoms with Crippen molar-refractivity contribution < 1.29 is 4.74 Å². The van der Waals surface area contributed by atoms with Crippen LogP contribution in [0.4, 0.5) is 0 Å². The van der Waals surface area contributed by atoms with Crippen molar-refractivity contribution in [3.8, 4) is 0 Å². The Morgan fingerprint density at radius 1 is 1.54 bits per heavy atom. The van der Waals surface area contributed by atoms with Crippen molar-refractivity contribution in [2.45, 2.75) is 13.5 Å². The van der Waals surface area contributed by atoms with Crippen molar-refractivity contribution >= 4 is 17.4 Å². The second-order valence-corrected chi connectivity index (χ2v) is 3.02. The van der Waals surface area contributed by atoms with Crippen LogP contribution in [0.25, 0.3) is 0 Å². The molecule has 3 nitrogen and oxygen atoms in total. The molecule has 0 saturated carbocycles. The van der Waals surface area contributed by atoms with Gasteiger partial charge in [-0.05, 0) is 30.3 Å². The maximum Gasteiger partial charge on any atom is 0.271 e. The molecule has 0 atom stereocenters. The number of hydrogen-bond acceptors (Lipinski definition) is 3. The molecule has 4 heteroatoms. The molecule has 1 rings (SSSR count). The summed E-state index contributed by atoms with van der Waals surface area (Å²) >= 11 is 4.74. The maximum atomic E-state index is 5.15. The Morgan fingerprint density at radius 3 is 2.85 bits per heavy atom. The highest BCUT2D eigenvalue weighted by Crippen LogP contribution is 2.07. The van der Waals surface area contributed by atoms with Crippen LogP contribution in [0.3, 0.4) is 0 Å². The SMILES string of the molecule is Cc1ccccc1COC(=S)NN. The third kappa shape index (κ3) is 3.01. The monoisotopic (exact) mass is 196 g/mol. The van der Waals surface area contributed by atoms with Crippen LogP contribution in [0.15, 0.2) is 24.3 Å². The second kappa shape index (κ2) is 4.79. The summed E-state index contributed by atoms with van der Waals surface area (Å²) in [5, 5.41) is 0.211. The predicted molar refractivity (Wildman–Crippen MR) is 55.9 cm³/mol. The first-order chi connectivity index (χ1) is 6.24. The molecular weight excluding hydrogens is 184 g/mol. The summed E-state index contributed by atoms with van der Waals surface area (Å²) in [6.07, 6.45) is 0. The maximum absolute atomic E-state index is 5.15. The molecule has 0 fully saturated rings. The molecular formula is C9H12N2OS. The van der Waals surface area contributed by atoms with Gasteiger partial charge < -0.3 is 4.74 Å². The van der Waals surface area contributed by atoms with Crippen LogP contribution < -0.4 is 11.3 Å². The summed E-state index contributed by atoms with van der Waals surface area (Å²) in [6.45, 7) is 2.48. The Bertz CT molecular complexity index is 301. The number of thiocarbonyl (C=S) groups is 1. The number of hydrazine groups is 1.